The topological polar surface area (TPSA) is 12.0 Å². The molecule has 0 radical (unpaired) electrons. The van der Waals surface area contributed by atoms with E-state index >= 15 is 0 Å². The van der Waals surface area contributed by atoms with Crippen LogP contribution in [0.2, 0.25) is 0 Å². The molecular formula is C26H35N. The van der Waals surface area contributed by atoms with Gasteiger partial charge in [0.25, 0.3) is 0 Å². The predicted octanol–water partition coefficient (Wildman–Crippen LogP) is 4.98. The minimum Gasteiger partial charge on any atom is -0.317 e. The molecule has 1 nitrogen and oxygen atoms in total. The van der Waals surface area contributed by atoms with Crippen LogP contribution in [0.15, 0.2) is 42.5 Å². The maximum Gasteiger partial charge on any atom is -0.00461 e. The van der Waals surface area contributed by atoms with E-state index in [2.05, 4.69) is 94.6 Å². The fraction of sp³-hybridized carbons (Fsp3) is 0.385. The normalized spacial score (nSPS) is 13.4. The second-order valence-corrected chi connectivity index (χ2v) is 7.12. The summed E-state index contributed by atoms with van der Waals surface area (Å²) in [6, 6.07) is 13.4. The third-order valence-electron chi connectivity index (χ3n) is 5.22. The van der Waals surface area contributed by atoms with E-state index in [4.69, 9.17) is 0 Å². The molecule has 0 aromatic heterocycles. The first-order valence-electron chi connectivity index (χ1n) is 10.4. The van der Waals surface area contributed by atoms with Gasteiger partial charge in [-0.1, -0.05) is 68.5 Å². The van der Waals surface area contributed by atoms with Crippen LogP contribution in [0.5, 0.6) is 0 Å². The van der Waals surface area contributed by atoms with Crippen molar-refractivity contribution in [1.29, 1.82) is 0 Å². The molecule has 144 valence electrons. The molecule has 0 saturated carbocycles. The van der Waals surface area contributed by atoms with Crippen LogP contribution in [-0.4, -0.2) is 13.1 Å². The maximum atomic E-state index is 3.38. The van der Waals surface area contributed by atoms with Crippen molar-refractivity contribution in [3.63, 3.8) is 0 Å². The van der Waals surface area contributed by atoms with Gasteiger partial charge in [-0.25, -0.2) is 0 Å². The number of hydrogen-bond donors (Lipinski definition) is 1. The molecule has 0 unspecified atom stereocenters. The Labute approximate surface area is 165 Å². The second-order valence-electron chi connectivity index (χ2n) is 7.12. The average molecular weight is 362 g/mol. The third kappa shape index (κ3) is 5.68. The van der Waals surface area contributed by atoms with Crippen LogP contribution in [-0.2, 0) is 6.42 Å². The lowest BCUT2D eigenvalue weighted by Gasteiger charge is -2.13. The molecule has 2 aromatic carbocycles. The van der Waals surface area contributed by atoms with Crippen LogP contribution in [0.25, 0.3) is 17.7 Å². The molecule has 0 atom stereocenters. The molecule has 0 spiro atoms. The summed E-state index contributed by atoms with van der Waals surface area (Å²) >= 11 is 0. The largest absolute Gasteiger partial charge is 0.317 e. The second kappa shape index (κ2) is 10.9. The van der Waals surface area contributed by atoms with Crippen LogP contribution in [0.1, 0.15) is 62.8 Å². The summed E-state index contributed by atoms with van der Waals surface area (Å²) in [5, 5.41) is 6.02. The Hall–Kier alpha value is -2.12. The molecule has 2 rings (SSSR count). The predicted molar refractivity (Wildman–Crippen MR) is 121 cm³/mol. The number of unbranched alkanes of at least 4 members (excludes halogenated alkanes) is 1. The van der Waals surface area contributed by atoms with Crippen LogP contribution in [0.3, 0.4) is 0 Å². The van der Waals surface area contributed by atoms with E-state index in [1.807, 2.05) is 0 Å². The van der Waals surface area contributed by atoms with Crippen LogP contribution in [0.4, 0.5) is 0 Å². The standard InChI is InChI=1S/C26H35N/c1-6-22-14-11-12-16-25(22)21(5)26-19-23(7-2)24(18-20(26)4)15-10-9-13-17-27-8-3/h6,10-12,14-16,18-19,27H,7-9,13,17H2,1-5H3/b15-10-,22-6-,25-21-. The number of rotatable bonds is 8. The molecular weight excluding hydrogens is 326 g/mol. The first-order valence-corrected chi connectivity index (χ1v) is 10.4. The van der Waals surface area contributed by atoms with Crippen molar-refractivity contribution in [2.45, 2.75) is 53.9 Å². The molecule has 0 amide bonds. The van der Waals surface area contributed by atoms with Crippen molar-refractivity contribution in [2.24, 2.45) is 0 Å². The highest BCUT2D eigenvalue weighted by atomic mass is 14.8. The Morgan fingerprint density at radius 1 is 1.11 bits per heavy atom. The zero-order valence-electron chi connectivity index (χ0n) is 17.7. The Balaban J connectivity index is 2.37. The zero-order chi connectivity index (χ0) is 19.6. The van der Waals surface area contributed by atoms with Crippen LogP contribution >= 0.6 is 0 Å². The van der Waals surface area contributed by atoms with E-state index in [9.17, 15) is 0 Å². The molecule has 1 N–H and O–H groups in total. The minimum atomic E-state index is 1.05. The van der Waals surface area contributed by atoms with Gasteiger partial charge in [0, 0.05) is 0 Å². The number of benzene rings is 2. The van der Waals surface area contributed by atoms with E-state index in [1.54, 1.807) is 0 Å². The number of aryl methyl sites for hydroxylation is 2. The van der Waals surface area contributed by atoms with Gasteiger partial charge in [0.2, 0.25) is 0 Å². The first-order chi connectivity index (χ1) is 13.1. The van der Waals surface area contributed by atoms with Gasteiger partial charge >= 0.3 is 0 Å². The molecule has 0 aliphatic rings. The van der Waals surface area contributed by atoms with E-state index < -0.39 is 0 Å². The summed E-state index contributed by atoms with van der Waals surface area (Å²) in [7, 11) is 0. The molecule has 2 aromatic rings. The molecule has 0 bridgehead atoms. The fourth-order valence-corrected chi connectivity index (χ4v) is 3.61. The van der Waals surface area contributed by atoms with E-state index in [-0.39, 0.29) is 0 Å². The highest BCUT2D eigenvalue weighted by molar-refractivity contribution is 5.70. The first kappa shape index (κ1) is 21.2. The molecule has 1 heteroatoms. The number of nitrogens with one attached hydrogen (secondary N) is 1. The fourth-order valence-electron chi connectivity index (χ4n) is 3.61. The molecule has 0 fully saturated rings. The average Bonchev–Trinajstić information content (AvgIpc) is 2.70. The maximum absolute atomic E-state index is 3.38. The summed E-state index contributed by atoms with van der Waals surface area (Å²) in [5.74, 6) is 0. The van der Waals surface area contributed by atoms with E-state index in [0.717, 1.165) is 25.9 Å². The lowest BCUT2D eigenvalue weighted by molar-refractivity contribution is 0.680. The van der Waals surface area contributed by atoms with Crippen molar-refractivity contribution in [1.82, 2.24) is 5.32 Å². The molecule has 0 saturated heterocycles. The Kier molecular flexibility index (Phi) is 8.54. The quantitative estimate of drug-likeness (QED) is 0.654. The van der Waals surface area contributed by atoms with E-state index in [1.165, 1.54) is 44.7 Å². The van der Waals surface area contributed by atoms with Gasteiger partial charge in [-0.15, -0.1) is 0 Å². The molecule has 0 aliphatic carbocycles. The molecule has 0 heterocycles. The summed E-state index contributed by atoms with van der Waals surface area (Å²) in [6.45, 7) is 13.2. The van der Waals surface area contributed by atoms with Crippen molar-refractivity contribution >= 4 is 17.7 Å². The van der Waals surface area contributed by atoms with Gasteiger partial charge in [0.1, 0.15) is 0 Å². The van der Waals surface area contributed by atoms with Gasteiger partial charge in [0.05, 0.1) is 0 Å². The lowest BCUT2D eigenvalue weighted by Crippen LogP contribution is -2.26. The van der Waals surface area contributed by atoms with Crippen molar-refractivity contribution in [3.8, 4) is 0 Å². The highest BCUT2D eigenvalue weighted by Crippen LogP contribution is 2.23. The van der Waals surface area contributed by atoms with Gasteiger partial charge in [-0.05, 0) is 91.4 Å². The summed E-state index contributed by atoms with van der Waals surface area (Å²) in [5.41, 5.74) is 6.87. The Bertz CT molecular complexity index is 887. The van der Waals surface area contributed by atoms with E-state index in [0.29, 0.717) is 0 Å². The van der Waals surface area contributed by atoms with Gasteiger partial charge in [0.15, 0.2) is 0 Å². The number of hydrogen-bond acceptors (Lipinski definition) is 1. The minimum absolute atomic E-state index is 1.05. The summed E-state index contributed by atoms with van der Waals surface area (Å²) < 4.78 is 0. The van der Waals surface area contributed by atoms with Gasteiger partial charge in [-0.3, -0.25) is 0 Å². The Morgan fingerprint density at radius 3 is 2.59 bits per heavy atom. The van der Waals surface area contributed by atoms with Crippen LogP contribution in [0, 0.1) is 6.92 Å². The highest BCUT2D eigenvalue weighted by Gasteiger charge is 2.07. The smallest absolute Gasteiger partial charge is 0.00461 e. The summed E-state index contributed by atoms with van der Waals surface area (Å²) in [4.78, 5) is 0. The molecule has 0 aliphatic heterocycles. The van der Waals surface area contributed by atoms with Gasteiger partial charge in [-0.2, -0.15) is 0 Å². The Morgan fingerprint density at radius 2 is 1.89 bits per heavy atom. The van der Waals surface area contributed by atoms with Gasteiger partial charge < -0.3 is 5.32 Å². The van der Waals surface area contributed by atoms with Crippen molar-refractivity contribution in [2.75, 3.05) is 13.1 Å². The SMILES string of the molecule is C/C=c1/cccc/c1=C(\C)c1cc(CC)c(/C=C\CCCNCC)cc1C. The number of allylic oxidation sites excluding steroid dienone is 1. The lowest BCUT2D eigenvalue weighted by atomic mass is 9.92. The molecule has 27 heavy (non-hydrogen) atoms. The van der Waals surface area contributed by atoms with Crippen molar-refractivity contribution in [3.05, 3.63) is 75.2 Å². The van der Waals surface area contributed by atoms with Crippen molar-refractivity contribution < 1.29 is 0 Å². The monoisotopic (exact) mass is 361 g/mol. The third-order valence-corrected chi connectivity index (χ3v) is 5.22. The zero-order valence-corrected chi connectivity index (χ0v) is 17.7. The van der Waals surface area contributed by atoms with Crippen LogP contribution < -0.4 is 15.8 Å². The summed E-state index contributed by atoms with van der Waals surface area (Å²) in [6.07, 6.45) is 10.2.